The number of aromatic nitrogens is 2. The number of nitrogens with two attached hydrogens (primary N) is 1. The van der Waals surface area contributed by atoms with Gasteiger partial charge in [-0.2, -0.15) is 0 Å². The number of hydrogen-bond acceptors (Lipinski definition) is 6. The van der Waals surface area contributed by atoms with Crippen LogP contribution in [-0.2, 0) is 17.6 Å². The molecule has 5 rings (SSSR count). The molecule has 0 saturated heterocycles. The number of benzene rings is 1. The molecule has 2 aliphatic rings. The summed E-state index contributed by atoms with van der Waals surface area (Å²) in [5, 5.41) is 1.12. The summed E-state index contributed by atoms with van der Waals surface area (Å²) in [7, 11) is 0. The number of primary amides is 1. The second-order valence-corrected chi connectivity index (χ2v) is 7.76. The predicted molar refractivity (Wildman–Crippen MR) is 101 cm³/mol. The van der Waals surface area contributed by atoms with Crippen LogP contribution in [0.4, 0.5) is 11.5 Å². The van der Waals surface area contributed by atoms with Crippen molar-refractivity contribution in [1.29, 1.82) is 0 Å². The molecule has 132 valence electrons. The maximum atomic E-state index is 11.8. The summed E-state index contributed by atoms with van der Waals surface area (Å²) >= 11 is 1.77. The second kappa shape index (κ2) is 5.95. The predicted octanol–water partition coefficient (Wildman–Crippen LogP) is 2.95. The van der Waals surface area contributed by atoms with E-state index >= 15 is 0 Å². The number of carbonyl (C=O) groups excluding carboxylic acids is 1. The van der Waals surface area contributed by atoms with Gasteiger partial charge in [-0.15, -0.1) is 11.3 Å². The molecule has 3 aromatic rings. The first-order valence-electron chi connectivity index (χ1n) is 8.80. The fourth-order valence-corrected chi connectivity index (χ4v) is 5.08. The zero-order chi connectivity index (χ0) is 17.7. The molecule has 7 heteroatoms. The molecule has 3 heterocycles. The number of thiophene rings is 1. The summed E-state index contributed by atoms with van der Waals surface area (Å²) in [4.78, 5) is 25.4. The first-order chi connectivity index (χ1) is 12.7. The van der Waals surface area contributed by atoms with E-state index in [4.69, 9.17) is 10.5 Å². The molecular weight excluding hydrogens is 348 g/mol. The third-order valence-corrected chi connectivity index (χ3v) is 6.28. The van der Waals surface area contributed by atoms with E-state index in [0.717, 1.165) is 34.6 Å². The van der Waals surface area contributed by atoms with Gasteiger partial charge in [-0.1, -0.05) is 12.1 Å². The standard InChI is InChI=1S/C19H18N4O2S/c20-17(24)14-9-23(12-6-2-3-7-13(12)25-14)18-16-11-5-1-4-8-15(11)26-19(16)22-10-21-18/h2-3,6-7,10,14H,1,4-5,8-9H2,(H2,20,24)/t14-/m1/s1. The fourth-order valence-electron chi connectivity index (χ4n) is 3.86. The van der Waals surface area contributed by atoms with Crippen LogP contribution >= 0.6 is 11.3 Å². The summed E-state index contributed by atoms with van der Waals surface area (Å²) in [5.74, 6) is 1.02. The number of ether oxygens (including phenoxy) is 1. The molecule has 1 amide bonds. The number of aryl methyl sites for hydroxylation is 2. The molecular formula is C19H18N4O2S. The second-order valence-electron chi connectivity index (χ2n) is 6.68. The minimum Gasteiger partial charge on any atom is -0.477 e. The van der Waals surface area contributed by atoms with Crippen LogP contribution in [0.2, 0.25) is 0 Å². The van der Waals surface area contributed by atoms with Crippen LogP contribution in [0.1, 0.15) is 23.3 Å². The monoisotopic (exact) mass is 366 g/mol. The number of anilines is 2. The van der Waals surface area contributed by atoms with Crippen molar-refractivity contribution in [1.82, 2.24) is 9.97 Å². The third-order valence-electron chi connectivity index (χ3n) is 5.08. The van der Waals surface area contributed by atoms with Crippen molar-refractivity contribution in [2.24, 2.45) is 5.73 Å². The Hall–Kier alpha value is -2.67. The average Bonchev–Trinajstić information content (AvgIpc) is 3.06. The van der Waals surface area contributed by atoms with E-state index in [9.17, 15) is 4.79 Å². The van der Waals surface area contributed by atoms with Crippen LogP contribution in [0.5, 0.6) is 5.75 Å². The molecule has 0 unspecified atom stereocenters. The van der Waals surface area contributed by atoms with Gasteiger partial charge in [0, 0.05) is 4.88 Å². The van der Waals surface area contributed by atoms with Gasteiger partial charge in [0.2, 0.25) is 0 Å². The lowest BCUT2D eigenvalue weighted by Crippen LogP contribution is -2.45. The zero-order valence-electron chi connectivity index (χ0n) is 14.1. The van der Waals surface area contributed by atoms with Crippen molar-refractivity contribution >= 4 is 39.0 Å². The minimum atomic E-state index is -0.704. The summed E-state index contributed by atoms with van der Waals surface area (Å²) in [6.45, 7) is 0.350. The highest BCUT2D eigenvalue weighted by Crippen LogP contribution is 2.44. The molecule has 0 fully saturated rings. The Morgan fingerprint density at radius 2 is 2.08 bits per heavy atom. The van der Waals surface area contributed by atoms with E-state index in [2.05, 4.69) is 14.9 Å². The Kier molecular flexibility index (Phi) is 3.56. The van der Waals surface area contributed by atoms with Crippen LogP contribution in [-0.4, -0.2) is 28.5 Å². The summed E-state index contributed by atoms with van der Waals surface area (Å²) < 4.78 is 5.79. The molecule has 2 aromatic heterocycles. The number of rotatable bonds is 2. The molecule has 0 radical (unpaired) electrons. The topological polar surface area (TPSA) is 81.3 Å². The molecule has 0 bridgehead atoms. The molecule has 2 N–H and O–H groups in total. The lowest BCUT2D eigenvalue weighted by molar-refractivity contribution is -0.124. The number of fused-ring (bicyclic) bond motifs is 4. The van der Waals surface area contributed by atoms with Gasteiger partial charge in [0.25, 0.3) is 5.91 Å². The van der Waals surface area contributed by atoms with E-state index in [0.29, 0.717) is 12.3 Å². The maximum absolute atomic E-state index is 11.8. The van der Waals surface area contributed by atoms with Crippen LogP contribution in [0.3, 0.4) is 0 Å². The van der Waals surface area contributed by atoms with E-state index in [1.807, 2.05) is 24.3 Å². The first-order valence-corrected chi connectivity index (χ1v) is 9.62. The molecule has 0 spiro atoms. The van der Waals surface area contributed by atoms with Gasteiger partial charge in [0.05, 0.1) is 17.6 Å². The first kappa shape index (κ1) is 15.6. The largest absolute Gasteiger partial charge is 0.477 e. The quantitative estimate of drug-likeness (QED) is 0.754. The van der Waals surface area contributed by atoms with Gasteiger partial charge < -0.3 is 15.4 Å². The number of carbonyl (C=O) groups is 1. The highest BCUT2D eigenvalue weighted by molar-refractivity contribution is 7.19. The Balaban J connectivity index is 1.72. The summed E-state index contributed by atoms with van der Waals surface area (Å²) in [6, 6.07) is 7.70. The van der Waals surface area contributed by atoms with Gasteiger partial charge in [-0.05, 0) is 43.4 Å². The fraction of sp³-hybridized carbons (Fsp3) is 0.316. The van der Waals surface area contributed by atoms with Gasteiger partial charge in [-0.25, -0.2) is 9.97 Å². The maximum Gasteiger partial charge on any atom is 0.260 e. The van der Waals surface area contributed by atoms with Crippen molar-refractivity contribution < 1.29 is 9.53 Å². The van der Waals surface area contributed by atoms with E-state index < -0.39 is 12.0 Å². The van der Waals surface area contributed by atoms with Crippen LogP contribution < -0.4 is 15.4 Å². The van der Waals surface area contributed by atoms with Crippen LogP contribution in [0, 0.1) is 0 Å². The van der Waals surface area contributed by atoms with Crippen molar-refractivity contribution in [3.8, 4) is 5.75 Å². The Morgan fingerprint density at radius 1 is 1.23 bits per heavy atom. The molecule has 0 saturated carbocycles. The van der Waals surface area contributed by atoms with E-state index in [1.165, 1.54) is 23.3 Å². The van der Waals surface area contributed by atoms with E-state index in [1.54, 1.807) is 17.7 Å². The third kappa shape index (κ3) is 2.34. The zero-order valence-corrected chi connectivity index (χ0v) is 15.0. The van der Waals surface area contributed by atoms with Crippen LogP contribution in [0.25, 0.3) is 10.2 Å². The Bertz CT molecular complexity index is 1020. The van der Waals surface area contributed by atoms with Gasteiger partial charge >= 0.3 is 0 Å². The van der Waals surface area contributed by atoms with Gasteiger partial charge in [-0.3, -0.25) is 4.79 Å². The number of nitrogens with zero attached hydrogens (tertiary/aromatic N) is 3. The number of amides is 1. The van der Waals surface area contributed by atoms with Crippen molar-refractivity contribution in [2.45, 2.75) is 31.8 Å². The molecule has 1 aliphatic heterocycles. The molecule has 6 nitrogen and oxygen atoms in total. The Labute approximate surface area is 154 Å². The lowest BCUT2D eigenvalue weighted by Gasteiger charge is -2.34. The molecule has 26 heavy (non-hydrogen) atoms. The average molecular weight is 366 g/mol. The number of para-hydroxylation sites is 2. The molecule has 1 aromatic carbocycles. The van der Waals surface area contributed by atoms with E-state index in [-0.39, 0.29) is 0 Å². The normalized spacial score (nSPS) is 18.9. The smallest absolute Gasteiger partial charge is 0.260 e. The number of hydrogen-bond donors (Lipinski definition) is 1. The summed E-state index contributed by atoms with van der Waals surface area (Å²) in [5.41, 5.74) is 7.82. The van der Waals surface area contributed by atoms with Crippen molar-refractivity contribution in [3.63, 3.8) is 0 Å². The highest BCUT2D eigenvalue weighted by Gasteiger charge is 2.32. The summed E-state index contributed by atoms with van der Waals surface area (Å²) in [6.07, 6.45) is 5.49. The van der Waals surface area contributed by atoms with Crippen LogP contribution in [0.15, 0.2) is 30.6 Å². The molecule has 1 aliphatic carbocycles. The minimum absolute atomic E-state index is 0.350. The molecule has 1 atom stereocenters. The van der Waals surface area contributed by atoms with Crippen molar-refractivity contribution in [3.05, 3.63) is 41.0 Å². The van der Waals surface area contributed by atoms with Gasteiger partial charge in [0.1, 0.15) is 22.7 Å². The highest BCUT2D eigenvalue weighted by atomic mass is 32.1. The Morgan fingerprint density at radius 3 is 2.96 bits per heavy atom. The van der Waals surface area contributed by atoms with Crippen molar-refractivity contribution in [2.75, 3.05) is 11.4 Å². The lowest BCUT2D eigenvalue weighted by atomic mass is 9.96. The van der Waals surface area contributed by atoms with Gasteiger partial charge in [0.15, 0.2) is 6.10 Å². The SMILES string of the molecule is NC(=O)[C@H]1CN(c2ncnc3sc4c(c23)CCCC4)c2ccccc2O1.